The standard InChI is InChI=1S/C17H24/c1-13-10-16(14-6-2-3-7-14)12-17(11-13)15-8-4-5-9-15/h10-12,14-15H,2-9H2,1H3. The molecule has 0 N–H and O–H groups in total. The summed E-state index contributed by atoms with van der Waals surface area (Å²) in [6.07, 6.45) is 11.5. The maximum Gasteiger partial charge on any atom is -0.0162 e. The molecule has 0 aromatic heterocycles. The number of hydrogen-bond donors (Lipinski definition) is 0. The van der Waals surface area contributed by atoms with Crippen LogP contribution in [-0.4, -0.2) is 0 Å². The van der Waals surface area contributed by atoms with Gasteiger partial charge in [0.1, 0.15) is 0 Å². The Bertz CT molecular complexity index is 345. The average Bonchev–Trinajstić information content (AvgIpc) is 3.02. The van der Waals surface area contributed by atoms with Crippen LogP contribution in [0.5, 0.6) is 0 Å². The normalized spacial score (nSPS) is 22.4. The molecule has 0 atom stereocenters. The van der Waals surface area contributed by atoms with Crippen molar-refractivity contribution in [3.05, 3.63) is 34.9 Å². The highest BCUT2D eigenvalue weighted by atomic mass is 14.3. The lowest BCUT2D eigenvalue weighted by atomic mass is 9.89. The summed E-state index contributed by atoms with van der Waals surface area (Å²) in [5, 5.41) is 0. The van der Waals surface area contributed by atoms with Crippen LogP contribution in [0.15, 0.2) is 18.2 Å². The molecule has 0 heterocycles. The van der Waals surface area contributed by atoms with Crippen LogP contribution >= 0.6 is 0 Å². The van der Waals surface area contributed by atoms with Crippen molar-refractivity contribution in [3.63, 3.8) is 0 Å². The van der Waals surface area contributed by atoms with E-state index in [9.17, 15) is 0 Å². The molecule has 0 heteroatoms. The largest absolute Gasteiger partial charge is 0.0558 e. The molecule has 0 aliphatic heterocycles. The van der Waals surface area contributed by atoms with E-state index in [0.717, 1.165) is 11.8 Å². The summed E-state index contributed by atoms with van der Waals surface area (Å²) in [7, 11) is 0. The Morgan fingerprint density at radius 2 is 1.12 bits per heavy atom. The smallest absolute Gasteiger partial charge is 0.0162 e. The third kappa shape index (κ3) is 2.41. The molecule has 2 fully saturated rings. The molecule has 0 radical (unpaired) electrons. The summed E-state index contributed by atoms with van der Waals surface area (Å²) in [4.78, 5) is 0. The zero-order valence-electron chi connectivity index (χ0n) is 11.0. The highest BCUT2D eigenvalue weighted by Gasteiger charge is 2.21. The third-order valence-electron chi connectivity index (χ3n) is 4.78. The molecule has 2 aliphatic rings. The van der Waals surface area contributed by atoms with E-state index < -0.39 is 0 Å². The van der Waals surface area contributed by atoms with Gasteiger partial charge in [0, 0.05) is 0 Å². The van der Waals surface area contributed by atoms with Gasteiger partial charge in [-0.3, -0.25) is 0 Å². The first-order valence-electron chi connectivity index (χ1n) is 7.44. The molecule has 3 rings (SSSR count). The molecular formula is C17H24. The molecule has 1 aromatic carbocycles. The first-order valence-corrected chi connectivity index (χ1v) is 7.44. The van der Waals surface area contributed by atoms with Gasteiger partial charge in [0.2, 0.25) is 0 Å². The van der Waals surface area contributed by atoms with Crippen LogP contribution in [0.1, 0.15) is 79.9 Å². The van der Waals surface area contributed by atoms with Gasteiger partial charge in [0.25, 0.3) is 0 Å². The van der Waals surface area contributed by atoms with Gasteiger partial charge in [0.15, 0.2) is 0 Å². The maximum atomic E-state index is 2.54. The minimum Gasteiger partial charge on any atom is -0.0558 e. The van der Waals surface area contributed by atoms with Gasteiger partial charge in [-0.05, 0) is 55.6 Å². The summed E-state index contributed by atoms with van der Waals surface area (Å²) in [6, 6.07) is 7.42. The van der Waals surface area contributed by atoms with Gasteiger partial charge in [0.05, 0.1) is 0 Å². The predicted molar refractivity (Wildman–Crippen MR) is 73.6 cm³/mol. The summed E-state index contributed by atoms with van der Waals surface area (Å²) in [6.45, 7) is 2.27. The molecule has 0 spiro atoms. The molecule has 0 amide bonds. The van der Waals surface area contributed by atoms with E-state index in [1.807, 2.05) is 0 Å². The van der Waals surface area contributed by atoms with Crippen molar-refractivity contribution in [2.45, 2.75) is 70.1 Å². The maximum absolute atomic E-state index is 2.54. The number of hydrogen-bond acceptors (Lipinski definition) is 0. The van der Waals surface area contributed by atoms with Crippen molar-refractivity contribution in [2.75, 3.05) is 0 Å². The Hall–Kier alpha value is -0.780. The van der Waals surface area contributed by atoms with Crippen molar-refractivity contribution in [3.8, 4) is 0 Å². The first-order chi connectivity index (χ1) is 8.33. The molecule has 0 saturated heterocycles. The van der Waals surface area contributed by atoms with Crippen LogP contribution in [0.2, 0.25) is 0 Å². The van der Waals surface area contributed by atoms with E-state index in [1.54, 1.807) is 11.1 Å². The van der Waals surface area contributed by atoms with Crippen molar-refractivity contribution < 1.29 is 0 Å². The van der Waals surface area contributed by atoms with Gasteiger partial charge >= 0.3 is 0 Å². The lowest BCUT2D eigenvalue weighted by molar-refractivity contribution is 0.699. The minimum atomic E-state index is 0.870. The van der Waals surface area contributed by atoms with Crippen molar-refractivity contribution in [1.29, 1.82) is 0 Å². The monoisotopic (exact) mass is 228 g/mol. The SMILES string of the molecule is Cc1cc(C2CCCC2)cc(C2CCCC2)c1. The van der Waals surface area contributed by atoms with Gasteiger partial charge in [-0.15, -0.1) is 0 Å². The zero-order chi connectivity index (χ0) is 11.7. The van der Waals surface area contributed by atoms with E-state index in [4.69, 9.17) is 0 Å². The van der Waals surface area contributed by atoms with Crippen LogP contribution in [0, 0.1) is 6.92 Å². The quantitative estimate of drug-likeness (QED) is 0.643. The molecule has 1 aromatic rings. The van der Waals surface area contributed by atoms with E-state index in [-0.39, 0.29) is 0 Å². The van der Waals surface area contributed by atoms with Crippen LogP contribution in [-0.2, 0) is 0 Å². The topological polar surface area (TPSA) is 0 Å². The van der Waals surface area contributed by atoms with E-state index in [0.29, 0.717) is 0 Å². The lowest BCUT2D eigenvalue weighted by Crippen LogP contribution is -1.98. The molecule has 0 bridgehead atoms. The molecule has 2 aliphatic carbocycles. The Morgan fingerprint density at radius 1 is 0.706 bits per heavy atom. The van der Waals surface area contributed by atoms with Gasteiger partial charge < -0.3 is 0 Å². The Balaban J connectivity index is 1.88. The highest BCUT2D eigenvalue weighted by molar-refractivity contribution is 5.34. The number of benzene rings is 1. The van der Waals surface area contributed by atoms with Crippen LogP contribution in [0.4, 0.5) is 0 Å². The van der Waals surface area contributed by atoms with E-state index >= 15 is 0 Å². The fourth-order valence-corrected chi connectivity index (χ4v) is 3.83. The third-order valence-corrected chi connectivity index (χ3v) is 4.78. The van der Waals surface area contributed by atoms with Crippen molar-refractivity contribution >= 4 is 0 Å². The lowest BCUT2D eigenvalue weighted by Gasteiger charge is -2.16. The summed E-state index contributed by atoms with van der Waals surface area (Å²) < 4.78 is 0. The van der Waals surface area contributed by atoms with Crippen molar-refractivity contribution in [2.24, 2.45) is 0 Å². The van der Waals surface area contributed by atoms with Gasteiger partial charge in [-0.1, -0.05) is 49.4 Å². The molecule has 17 heavy (non-hydrogen) atoms. The second-order valence-electron chi connectivity index (χ2n) is 6.14. The zero-order valence-corrected chi connectivity index (χ0v) is 11.0. The second-order valence-corrected chi connectivity index (χ2v) is 6.14. The van der Waals surface area contributed by atoms with E-state index in [2.05, 4.69) is 25.1 Å². The fraction of sp³-hybridized carbons (Fsp3) is 0.647. The molecule has 92 valence electrons. The Kier molecular flexibility index (Phi) is 3.22. The average molecular weight is 228 g/mol. The summed E-state index contributed by atoms with van der Waals surface area (Å²) >= 11 is 0. The van der Waals surface area contributed by atoms with Gasteiger partial charge in [-0.25, -0.2) is 0 Å². The molecule has 0 nitrogen and oxygen atoms in total. The first kappa shape index (κ1) is 11.3. The Morgan fingerprint density at radius 3 is 1.53 bits per heavy atom. The number of rotatable bonds is 2. The number of aryl methyl sites for hydroxylation is 1. The van der Waals surface area contributed by atoms with Crippen LogP contribution in [0.25, 0.3) is 0 Å². The highest BCUT2D eigenvalue weighted by Crippen LogP contribution is 2.39. The van der Waals surface area contributed by atoms with Crippen LogP contribution in [0.3, 0.4) is 0 Å². The fourth-order valence-electron chi connectivity index (χ4n) is 3.83. The van der Waals surface area contributed by atoms with Gasteiger partial charge in [-0.2, -0.15) is 0 Å². The predicted octanol–water partition coefficient (Wildman–Crippen LogP) is 5.31. The van der Waals surface area contributed by atoms with E-state index in [1.165, 1.54) is 56.9 Å². The molecule has 2 saturated carbocycles. The molecular weight excluding hydrogens is 204 g/mol. The molecule has 0 unspecified atom stereocenters. The van der Waals surface area contributed by atoms with Crippen molar-refractivity contribution in [1.82, 2.24) is 0 Å². The minimum absolute atomic E-state index is 0.870. The summed E-state index contributed by atoms with van der Waals surface area (Å²) in [5.41, 5.74) is 4.77. The second kappa shape index (κ2) is 4.84. The Labute approximate surface area is 105 Å². The van der Waals surface area contributed by atoms with Crippen LogP contribution < -0.4 is 0 Å². The summed E-state index contributed by atoms with van der Waals surface area (Å²) in [5.74, 6) is 1.74.